The molecule has 120 valence electrons. The van der Waals surface area contributed by atoms with E-state index in [-0.39, 0.29) is 6.04 Å². The second-order valence-corrected chi connectivity index (χ2v) is 6.17. The molecule has 4 rings (SSSR count). The number of ether oxygens (including phenoxy) is 1. The zero-order chi connectivity index (χ0) is 15.8. The standard InChI is InChI=1S/C16H19N5O2/c1-10(2)21-14-4-3-12(9-13(14)18-20-21)15-17-16(23-19-15)11-5-7-22-8-6-11/h3-4,9-11H,5-8H2,1-2H3. The SMILES string of the molecule is CC(C)n1nnc2cc(-c3noc(C4CCOCC4)n3)ccc21. The Kier molecular flexibility index (Phi) is 3.57. The Morgan fingerprint density at radius 1 is 1.22 bits per heavy atom. The van der Waals surface area contributed by atoms with E-state index < -0.39 is 0 Å². The van der Waals surface area contributed by atoms with Gasteiger partial charge in [-0.15, -0.1) is 5.10 Å². The largest absolute Gasteiger partial charge is 0.381 e. The van der Waals surface area contributed by atoms with Crippen molar-refractivity contribution in [3.8, 4) is 11.4 Å². The molecule has 0 saturated carbocycles. The minimum atomic E-state index is 0.274. The van der Waals surface area contributed by atoms with Gasteiger partial charge in [0.25, 0.3) is 0 Å². The van der Waals surface area contributed by atoms with Crippen molar-refractivity contribution < 1.29 is 9.26 Å². The van der Waals surface area contributed by atoms with E-state index in [2.05, 4.69) is 34.3 Å². The minimum absolute atomic E-state index is 0.274. The first kappa shape index (κ1) is 14.3. The third-order valence-electron chi connectivity index (χ3n) is 4.23. The van der Waals surface area contributed by atoms with Gasteiger partial charge in [-0.25, -0.2) is 4.68 Å². The maximum Gasteiger partial charge on any atom is 0.230 e. The Morgan fingerprint density at radius 2 is 2.04 bits per heavy atom. The van der Waals surface area contributed by atoms with Crippen molar-refractivity contribution in [1.82, 2.24) is 25.1 Å². The van der Waals surface area contributed by atoms with E-state index in [1.807, 2.05) is 22.9 Å². The van der Waals surface area contributed by atoms with Gasteiger partial charge in [0.15, 0.2) is 0 Å². The summed E-state index contributed by atoms with van der Waals surface area (Å²) in [6, 6.07) is 6.23. The molecule has 0 radical (unpaired) electrons. The fourth-order valence-corrected chi connectivity index (χ4v) is 2.93. The van der Waals surface area contributed by atoms with Crippen LogP contribution in [-0.2, 0) is 4.74 Å². The molecule has 0 bridgehead atoms. The molecule has 0 atom stereocenters. The van der Waals surface area contributed by atoms with Crippen LogP contribution in [-0.4, -0.2) is 38.3 Å². The zero-order valence-corrected chi connectivity index (χ0v) is 13.3. The van der Waals surface area contributed by atoms with Crippen LogP contribution in [0, 0.1) is 0 Å². The normalized spacial score (nSPS) is 16.5. The van der Waals surface area contributed by atoms with E-state index in [1.165, 1.54) is 0 Å². The molecule has 1 aliphatic rings. The smallest absolute Gasteiger partial charge is 0.230 e. The summed E-state index contributed by atoms with van der Waals surface area (Å²) < 4.78 is 12.7. The number of aromatic nitrogens is 5. The summed E-state index contributed by atoms with van der Waals surface area (Å²) in [7, 11) is 0. The molecule has 0 N–H and O–H groups in total. The first-order valence-corrected chi connectivity index (χ1v) is 7.99. The predicted octanol–water partition coefficient (Wildman–Crippen LogP) is 2.96. The highest BCUT2D eigenvalue weighted by Crippen LogP contribution is 2.28. The molecule has 1 saturated heterocycles. The molecule has 7 heteroatoms. The van der Waals surface area contributed by atoms with Crippen LogP contribution in [0.25, 0.3) is 22.4 Å². The second-order valence-electron chi connectivity index (χ2n) is 6.17. The van der Waals surface area contributed by atoms with Crippen molar-refractivity contribution in [2.75, 3.05) is 13.2 Å². The molecule has 3 heterocycles. The topological polar surface area (TPSA) is 78.9 Å². The van der Waals surface area contributed by atoms with Crippen LogP contribution < -0.4 is 0 Å². The summed E-state index contributed by atoms with van der Waals surface area (Å²) in [5.41, 5.74) is 2.75. The van der Waals surface area contributed by atoms with Crippen molar-refractivity contribution >= 4 is 11.0 Å². The van der Waals surface area contributed by atoms with E-state index >= 15 is 0 Å². The summed E-state index contributed by atoms with van der Waals surface area (Å²) in [5.74, 6) is 1.61. The molecule has 2 aromatic heterocycles. The molecule has 0 unspecified atom stereocenters. The van der Waals surface area contributed by atoms with Gasteiger partial charge in [0.1, 0.15) is 5.52 Å². The van der Waals surface area contributed by atoms with E-state index in [4.69, 9.17) is 9.26 Å². The number of hydrogen-bond donors (Lipinski definition) is 0. The van der Waals surface area contributed by atoms with E-state index in [9.17, 15) is 0 Å². The first-order chi connectivity index (χ1) is 11.2. The highest BCUT2D eigenvalue weighted by Gasteiger charge is 2.22. The maximum absolute atomic E-state index is 5.46. The van der Waals surface area contributed by atoms with Crippen LogP contribution >= 0.6 is 0 Å². The van der Waals surface area contributed by atoms with Gasteiger partial charge in [0, 0.05) is 30.7 Å². The summed E-state index contributed by atoms with van der Waals surface area (Å²) >= 11 is 0. The number of fused-ring (bicyclic) bond motifs is 1. The van der Waals surface area contributed by atoms with Gasteiger partial charge < -0.3 is 9.26 Å². The molecule has 1 fully saturated rings. The quantitative estimate of drug-likeness (QED) is 0.739. The van der Waals surface area contributed by atoms with Gasteiger partial charge in [0.05, 0.1) is 5.52 Å². The minimum Gasteiger partial charge on any atom is -0.381 e. The fourth-order valence-electron chi connectivity index (χ4n) is 2.93. The molecular formula is C16H19N5O2. The first-order valence-electron chi connectivity index (χ1n) is 7.99. The van der Waals surface area contributed by atoms with Crippen molar-refractivity contribution in [2.24, 2.45) is 0 Å². The molecule has 0 amide bonds. The number of hydrogen-bond acceptors (Lipinski definition) is 6. The van der Waals surface area contributed by atoms with Gasteiger partial charge in [-0.3, -0.25) is 0 Å². The Morgan fingerprint density at radius 3 is 2.83 bits per heavy atom. The van der Waals surface area contributed by atoms with E-state index in [1.54, 1.807) is 0 Å². The van der Waals surface area contributed by atoms with Crippen molar-refractivity contribution in [2.45, 2.75) is 38.6 Å². The number of benzene rings is 1. The molecule has 1 aromatic carbocycles. The summed E-state index contributed by atoms with van der Waals surface area (Å²) in [6.45, 7) is 5.68. The van der Waals surface area contributed by atoms with E-state index in [0.29, 0.717) is 17.6 Å². The van der Waals surface area contributed by atoms with E-state index in [0.717, 1.165) is 42.7 Å². The van der Waals surface area contributed by atoms with Crippen LogP contribution in [0.5, 0.6) is 0 Å². The summed E-state index contributed by atoms with van der Waals surface area (Å²) in [5, 5.41) is 12.6. The number of rotatable bonds is 3. The van der Waals surface area contributed by atoms with Crippen LogP contribution in [0.4, 0.5) is 0 Å². The lowest BCUT2D eigenvalue weighted by Gasteiger charge is -2.17. The average Bonchev–Trinajstić information content (AvgIpc) is 3.22. The Labute approximate surface area is 133 Å². The van der Waals surface area contributed by atoms with Crippen molar-refractivity contribution in [3.05, 3.63) is 24.1 Å². The average molecular weight is 313 g/mol. The fraction of sp³-hybridized carbons (Fsp3) is 0.500. The van der Waals surface area contributed by atoms with Gasteiger partial charge >= 0.3 is 0 Å². The van der Waals surface area contributed by atoms with Gasteiger partial charge in [-0.2, -0.15) is 4.98 Å². The molecule has 7 nitrogen and oxygen atoms in total. The lowest BCUT2D eigenvalue weighted by molar-refractivity contribution is 0.0778. The Balaban J connectivity index is 1.65. The van der Waals surface area contributed by atoms with Crippen LogP contribution in [0.15, 0.2) is 22.7 Å². The lowest BCUT2D eigenvalue weighted by Crippen LogP contribution is -2.14. The van der Waals surface area contributed by atoms with Crippen molar-refractivity contribution in [3.63, 3.8) is 0 Å². The monoisotopic (exact) mass is 313 g/mol. The highest BCUT2D eigenvalue weighted by molar-refractivity contribution is 5.79. The van der Waals surface area contributed by atoms with Gasteiger partial charge in [-0.05, 0) is 44.9 Å². The third-order valence-corrected chi connectivity index (χ3v) is 4.23. The second kappa shape index (κ2) is 5.73. The molecule has 23 heavy (non-hydrogen) atoms. The van der Waals surface area contributed by atoms with Crippen LogP contribution in [0.1, 0.15) is 44.5 Å². The molecular weight excluding hydrogens is 294 g/mol. The van der Waals surface area contributed by atoms with Crippen LogP contribution in [0.3, 0.4) is 0 Å². The predicted molar refractivity (Wildman–Crippen MR) is 84.0 cm³/mol. The molecule has 0 spiro atoms. The van der Waals surface area contributed by atoms with Gasteiger partial charge in [0.2, 0.25) is 11.7 Å². The molecule has 1 aliphatic heterocycles. The van der Waals surface area contributed by atoms with Crippen molar-refractivity contribution in [1.29, 1.82) is 0 Å². The third kappa shape index (κ3) is 2.61. The van der Waals surface area contributed by atoms with Crippen LogP contribution in [0.2, 0.25) is 0 Å². The van der Waals surface area contributed by atoms with Gasteiger partial charge in [-0.1, -0.05) is 10.4 Å². The molecule has 3 aromatic rings. The maximum atomic E-state index is 5.46. The zero-order valence-electron chi connectivity index (χ0n) is 13.3. The Bertz CT molecular complexity index is 817. The number of nitrogens with zero attached hydrogens (tertiary/aromatic N) is 5. The lowest BCUT2D eigenvalue weighted by atomic mass is 10.0. The Hall–Kier alpha value is -2.28. The molecule has 0 aliphatic carbocycles. The highest BCUT2D eigenvalue weighted by atomic mass is 16.5. The summed E-state index contributed by atoms with van der Waals surface area (Å²) in [4.78, 5) is 4.56. The summed E-state index contributed by atoms with van der Waals surface area (Å²) in [6.07, 6.45) is 1.87.